The molecule has 0 aliphatic rings. The van der Waals surface area contributed by atoms with Gasteiger partial charge >= 0.3 is 5.63 Å². The van der Waals surface area contributed by atoms with Crippen molar-refractivity contribution in [1.29, 1.82) is 0 Å². The van der Waals surface area contributed by atoms with Crippen molar-refractivity contribution in [3.8, 4) is 5.75 Å². The first kappa shape index (κ1) is 12.7. The summed E-state index contributed by atoms with van der Waals surface area (Å²) in [6.45, 7) is 2.99. The summed E-state index contributed by atoms with van der Waals surface area (Å²) in [5.74, 6) is 0.160. The first-order valence-corrected chi connectivity index (χ1v) is 5.01. The van der Waals surface area contributed by atoms with Crippen LogP contribution in [0.1, 0.15) is 31.1 Å². The standard InChI is InChI=1S/C11H16O5/c1-6(7(2)13)11-8(5-12)9(15-3)4-10(14)16-11/h4,6-7,12-13H,5H2,1-3H3. The smallest absolute Gasteiger partial charge is 0.339 e. The molecule has 90 valence electrons. The third kappa shape index (κ3) is 2.43. The Balaban J connectivity index is 3.36. The molecule has 0 aliphatic heterocycles. The van der Waals surface area contributed by atoms with Crippen LogP contribution in [0.3, 0.4) is 0 Å². The highest BCUT2D eigenvalue weighted by atomic mass is 16.5. The molecule has 0 saturated heterocycles. The maximum atomic E-state index is 11.3. The Labute approximate surface area is 93.3 Å². The number of ether oxygens (including phenoxy) is 1. The van der Waals surface area contributed by atoms with Crippen LogP contribution in [0, 0.1) is 0 Å². The molecular weight excluding hydrogens is 212 g/mol. The van der Waals surface area contributed by atoms with Crippen LogP contribution < -0.4 is 10.4 Å². The van der Waals surface area contributed by atoms with E-state index in [-0.39, 0.29) is 24.0 Å². The summed E-state index contributed by atoms with van der Waals surface area (Å²) in [5, 5.41) is 18.7. The highest BCUT2D eigenvalue weighted by Gasteiger charge is 2.21. The van der Waals surface area contributed by atoms with E-state index in [1.807, 2.05) is 0 Å². The fraction of sp³-hybridized carbons (Fsp3) is 0.545. The van der Waals surface area contributed by atoms with Gasteiger partial charge in [-0.2, -0.15) is 0 Å². The van der Waals surface area contributed by atoms with Crippen molar-refractivity contribution in [2.75, 3.05) is 7.11 Å². The summed E-state index contributed by atoms with van der Waals surface area (Å²) in [7, 11) is 1.41. The minimum atomic E-state index is -0.680. The molecule has 2 N–H and O–H groups in total. The second-order valence-electron chi connectivity index (χ2n) is 3.66. The predicted octanol–water partition coefficient (Wildman–Crippen LogP) is 0.625. The Morgan fingerprint density at radius 3 is 2.56 bits per heavy atom. The summed E-state index contributed by atoms with van der Waals surface area (Å²) < 4.78 is 10.00. The van der Waals surface area contributed by atoms with Crippen LogP contribution in [-0.4, -0.2) is 23.4 Å². The van der Waals surface area contributed by atoms with Gasteiger partial charge < -0.3 is 19.4 Å². The van der Waals surface area contributed by atoms with Crippen LogP contribution in [0.25, 0.3) is 0 Å². The Morgan fingerprint density at radius 2 is 2.12 bits per heavy atom. The SMILES string of the molecule is COc1cc(=O)oc(C(C)C(C)O)c1CO. The van der Waals surface area contributed by atoms with Crippen molar-refractivity contribution in [2.45, 2.75) is 32.5 Å². The van der Waals surface area contributed by atoms with Crippen molar-refractivity contribution in [3.05, 3.63) is 27.8 Å². The molecule has 0 bridgehead atoms. The molecule has 16 heavy (non-hydrogen) atoms. The van der Waals surface area contributed by atoms with Gasteiger partial charge in [0, 0.05) is 5.92 Å². The number of methoxy groups -OCH3 is 1. The maximum absolute atomic E-state index is 11.3. The highest BCUT2D eigenvalue weighted by molar-refractivity contribution is 5.35. The number of aliphatic hydroxyl groups excluding tert-OH is 2. The van der Waals surface area contributed by atoms with E-state index in [9.17, 15) is 15.0 Å². The van der Waals surface area contributed by atoms with Crippen LogP contribution in [0.15, 0.2) is 15.3 Å². The van der Waals surface area contributed by atoms with Gasteiger partial charge in [-0.25, -0.2) is 4.79 Å². The van der Waals surface area contributed by atoms with E-state index in [4.69, 9.17) is 9.15 Å². The average Bonchev–Trinajstić information content (AvgIpc) is 2.26. The molecule has 0 radical (unpaired) electrons. The predicted molar refractivity (Wildman–Crippen MR) is 57.5 cm³/mol. The van der Waals surface area contributed by atoms with Gasteiger partial charge in [0.2, 0.25) is 0 Å². The fourth-order valence-corrected chi connectivity index (χ4v) is 1.44. The van der Waals surface area contributed by atoms with Gasteiger partial charge in [-0.05, 0) is 6.92 Å². The van der Waals surface area contributed by atoms with Crippen LogP contribution in [0.5, 0.6) is 5.75 Å². The monoisotopic (exact) mass is 228 g/mol. The van der Waals surface area contributed by atoms with E-state index in [0.29, 0.717) is 5.56 Å². The molecule has 2 unspecified atom stereocenters. The van der Waals surface area contributed by atoms with Crippen molar-refractivity contribution < 1.29 is 19.4 Å². The van der Waals surface area contributed by atoms with Gasteiger partial charge in [0.1, 0.15) is 11.5 Å². The zero-order valence-corrected chi connectivity index (χ0v) is 9.56. The molecule has 0 amide bonds. The lowest BCUT2D eigenvalue weighted by Crippen LogP contribution is -2.16. The lowest BCUT2D eigenvalue weighted by atomic mass is 9.98. The van der Waals surface area contributed by atoms with E-state index >= 15 is 0 Å². The highest BCUT2D eigenvalue weighted by Crippen LogP contribution is 2.28. The summed E-state index contributed by atoms with van der Waals surface area (Å²) >= 11 is 0. The van der Waals surface area contributed by atoms with Crippen molar-refractivity contribution >= 4 is 0 Å². The Hall–Kier alpha value is -1.33. The molecule has 1 aromatic rings. The zero-order valence-electron chi connectivity index (χ0n) is 9.56. The van der Waals surface area contributed by atoms with Gasteiger partial charge in [0.25, 0.3) is 0 Å². The van der Waals surface area contributed by atoms with E-state index in [1.165, 1.54) is 13.2 Å². The quantitative estimate of drug-likeness (QED) is 0.789. The van der Waals surface area contributed by atoms with Crippen molar-refractivity contribution in [3.63, 3.8) is 0 Å². The third-order valence-electron chi connectivity index (χ3n) is 2.57. The van der Waals surface area contributed by atoms with Gasteiger partial charge in [0.15, 0.2) is 0 Å². The summed E-state index contributed by atoms with van der Waals surface area (Å²) in [6.07, 6.45) is -0.680. The molecule has 0 aromatic carbocycles. The van der Waals surface area contributed by atoms with Crippen LogP contribution in [-0.2, 0) is 6.61 Å². The molecule has 2 atom stereocenters. The fourth-order valence-electron chi connectivity index (χ4n) is 1.44. The largest absolute Gasteiger partial charge is 0.496 e. The molecule has 0 spiro atoms. The number of hydrogen-bond acceptors (Lipinski definition) is 5. The second-order valence-corrected chi connectivity index (χ2v) is 3.66. The Bertz CT molecular complexity index is 407. The number of hydrogen-bond donors (Lipinski definition) is 2. The van der Waals surface area contributed by atoms with Gasteiger partial charge in [-0.3, -0.25) is 0 Å². The third-order valence-corrected chi connectivity index (χ3v) is 2.57. The lowest BCUT2D eigenvalue weighted by molar-refractivity contribution is 0.152. The molecule has 5 heteroatoms. The summed E-state index contributed by atoms with van der Waals surface area (Å²) in [6, 6.07) is 1.17. The van der Waals surface area contributed by atoms with Crippen LogP contribution in [0.2, 0.25) is 0 Å². The minimum absolute atomic E-state index is 0.266. The Kier molecular flexibility index (Phi) is 4.09. The molecule has 1 rings (SSSR count). The summed E-state index contributed by atoms with van der Waals surface area (Å²) in [5.41, 5.74) is -0.160. The van der Waals surface area contributed by atoms with Crippen molar-refractivity contribution in [1.82, 2.24) is 0 Å². The molecule has 1 heterocycles. The summed E-state index contributed by atoms with van der Waals surface area (Å²) in [4.78, 5) is 11.3. The lowest BCUT2D eigenvalue weighted by Gasteiger charge is -2.17. The van der Waals surface area contributed by atoms with Crippen LogP contribution >= 0.6 is 0 Å². The molecular formula is C11H16O5. The first-order valence-electron chi connectivity index (χ1n) is 5.01. The van der Waals surface area contributed by atoms with Gasteiger partial charge in [0.05, 0.1) is 31.5 Å². The van der Waals surface area contributed by atoms with E-state index in [0.717, 1.165) is 0 Å². The van der Waals surface area contributed by atoms with Crippen LogP contribution in [0.4, 0.5) is 0 Å². The molecule has 0 aliphatic carbocycles. The topological polar surface area (TPSA) is 79.9 Å². The zero-order chi connectivity index (χ0) is 12.3. The van der Waals surface area contributed by atoms with E-state index < -0.39 is 11.7 Å². The van der Waals surface area contributed by atoms with E-state index in [1.54, 1.807) is 13.8 Å². The molecule has 5 nitrogen and oxygen atoms in total. The molecule has 1 aromatic heterocycles. The average molecular weight is 228 g/mol. The van der Waals surface area contributed by atoms with Crippen molar-refractivity contribution in [2.24, 2.45) is 0 Å². The second kappa shape index (κ2) is 5.14. The number of aliphatic hydroxyl groups is 2. The van der Waals surface area contributed by atoms with E-state index in [2.05, 4.69) is 0 Å². The number of rotatable bonds is 4. The molecule has 0 fully saturated rings. The maximum Gasteiger partial charge on any atom is 0.339 e. The minimum Gasteiger partial charge on any atom is -0.496 e. The van der Waals surface area contributed by atoms with Gasteiger partial charge in [-0.1, -0.05) is 6.92 Å². The molecule has 0 saturated carbocycles. The Morgan fingerprint density at radius 1 is 1.50 bits per heavy atom. The first-order chi connectivity index (χ1) is 7.51. The van der Waals surface area contributed by atoms with Gasteiger partial charge in [-0.15, -0.1) is 0 Å². The normalized spacial score (nSPS) is 14.6.